The largest absolute Gasteiger partial charge is 0.466 e. The Morgan fingerprint density at radius 1 is 1.00 bits per heavy atom. The fourth-order valence-electron chi connectivity index (χ4n) is 3.26. The molecule has 0 aliphatic carbocycles. The molecule has 2 unspecified atom stereocenters. The molecule has 0 radical (unpaired) electrons. The average molecular weight is 432 g/mol. The highest BCUT2D eigenvalue weighted by atomic mass is 32.2. The maximum Gasteiger partial charge on any atom is 0.407 e. The molecule has 1 amide bonds. The monoisotopic (exact) mass is 432 g/mol. The van der Waals surface area contributed by atoms with E-state index in [0.29, 0.717) is 0 Å². The van der Waals surface area contributed by atoms with E-state index in [-0.39, 0.29) is 31.2 Å². The maximum atomic E-state index is 12.9. The summed E-state index contributed by atoms with van der Waals surface area (Å²) >= 11 is 0. The second-order valence-electron chi connectivity index (χ2n) is 6.81. The minimum atomic E-state index is -3.81. The molecule has 1 fully saturated rings. The van der Waals surface area contributed by atoms with Crippen molar-refractivity contribution in [3.05, 3.63) is 66.2 Å². The van der Waals surface area contributed by atoms with Crippen molar-refractivity contribution < 1.29 is 27.5 Å². The lowest BCUT2D eigenvalue weighted by atomic mass is 10.0. The second-order valence-corrected chi connectivity index (χ2v) is 8.74. The van der Waals surface area contributed by atoms with Crippen molar-refractivity contribution in [2.24, 2.45) is 5.92 Å². The lowest BCUT2D eigenvalue weighted by Crippen LogP contribution is -2.43. The summed E-state index contributed by atoms with van der Waals surface area (Å²) in [7, 11) is -3.81. The van der Waals surface area contributed by atoms with Gasteiger partial charge in [-0.1, -0.05) is 48.5 Å². The first-order chi connectivity index (χ1) is 14.4. The molecule has 2 atom stereocenters. The second kappa shape index (κ2) is 9.73. The maximum absolute atomic E-state index is 12.9. The van der Waals surface area contributed by atoms with Crippen LogP contribution in [-0.4, -0.2) is 50.5 Å². The van der Waals surface area contributed by atoms with Crippen molar-refractivity contribution in [3.8, 4) is 0 Å². The van der Waals surface area contributed by atoms with E-state index in [0.717, 1.165) is 5.56 Å². The molecule has 160 valence electrons. The quantitative estimate of drug-likeness (QED) is 0.673. The van der Waals surface area contributed by atoms with Gasteiger partial charge in [0.05, 0.1) is 23.5 Å². The number of benzene rings is 2. The Hall–Kier alpha value is -2.91. The van der Waals surface area contributed by atoms with Crippen molar-refractivity contribution in [2.45, 2.75) is 24.5 Å². The summed E-state index contributed by atoms with van der Waals surface area (Å²) in [5.41, 5.74) is 0.814. The third-order valence-electron chi connectivity index (χ3n) is 4.77. The summed E-state index contributed by atoms with van der Waals surface area (Å²) < 4.78 is 37.3. The van der Waals surface area contributed by atoms with E-state index in [9.17, 15) is 18.0 Å². The molecule has 30 heavy (non-hydrogen) atoms. The van der Waals surface area contributed by atoms with E-state index in [4.69, 9.17) is 9.47 Å². The van der Waals surface area contributed by atoms with Crippen molar-refractivity contribution in [2.75, 3.05) is 19.7 Å². The summed E-state index contributed by atoms with van der Waals surface area (Å²) in [6.07, 6.45) is -0.725. The molecule has 9 heteroatoms. The van der Waals surface area contributed by atoms with Crippen LogP contribution in [0.4, 0.5) is 4.79 Å². The van der Waals surface area contributed by atoms with E-state index in [2.05, 4.69) is 5.32 Å². The van der Waals surface area contributed by atoms with Crippen LogP contribution in [0.3, 0.4) is 0 Å². The number of nitrogens with one attached hydrogen (secondary N) is 1. The van der Waals surface area contributed by atoms with Crippen LogP contribution in [0.1, 0.15) is 12.5 Å². The van der Waals surface area contributed by atoms with Crippen molar-refractivity contribution in [3.63, 3.8) is 0 Å². The number of alkyl carbamates (subject to hydrolysis) is 1. The first-order valence-electron chi connectivity index (χ1n) is 9.61. The van der Waals surface area contributed by atoms with Crippen LogP contribution in [-0.2, 0) is 30.9 Å². The Kier molecular flexibility index (Phi) is 7.07. The Bertz CT molecular complexity index is 966. The first kappa shape index (κ1) is 21.8. The number of nitrogens with zero attached hydrogens (tertiary/aromatic N) is 1. The summed E-state index contributed by atoms with van der Waals surface area (Å²) in [5.74, 6) is -1.38. The molecule has 0 spiro atoms. The minimum absolute atomic E-state index is 0.0544. The zero-order valence-corrected chi connectivity index (χ0v) is 17.4. The molecule has 0 aromatic heterocycles. The number of carbonyl (C=O) groups is 2. The highest BCUT2D eigenvalue weighted by Crippen LogP contribution is 2.26. The molecule has 0 saturated carbocycles. The SMILES string of the molecule is CCOC(=O)C1CN(S(=O)(=O)c2ccccc2)CC1NC(=O)OCc1ccccc1. The summed E-state index contributed by atoms with van der Waals surface area (Å²) in [4.78, 5) is 24.8. The lowest BCUT2D eigenvalue weighted by Gasteiger charge is -2.18. The molecule has 1 heterocycles. The van der Waals surface area contributed by atoms with Gasteiger partial charge in [-0.25, -0.2) is 13.2 Å². The molecule has 1 aliphatic heterocycles. The standard InChI is InChI=1S/C21H24N2O6S/c1-2-28-20(24)18-13-23(30(26,27)17-11-7-4-8-12-17)14-19(18)22-21(25)29-15-16-9-5-3-6-10-16/h3-12,18-19H,2,13-15H2,1H3,(H,22,25). The summed E-state index contributed by atoms with van der Waals surface area (Å²) in [6.45, 7) is 1.75. The van der Waals surface area contributed by atoms with Crippen molar-refractivity contribution in [1.29, 1.82) is 0 Å². The number of amides is 1. The number of hydrogen-bond donors (Lipinski definition) is 1. The van der Waals surface area contributed by atoms with Gasteiger partial charge in [0.2, 0.25) is 10.0 Å². The van der Waals surface area contributed by atoms with E-state index in [1.54, 1.807) is 25.1 Å². The smallest absolute Gasteiger partial charge is 0.407 e. The minimum Gasteiger partial charge on any atom is -0.466 e. The predicted octanol–water partition coefficient (Wildman–Crippen LogP) is 2.17. The van der Waals surface area contributed by atoms with Gasteiger partial charge in [0, 0.05) is 13.1 Å². The molecule has 1 saturated heterocycles. The number of rotatable bonds is 7. The van der Waals surface area contributed by atoms with Gasteiger partial charge in [-0.3, -0.25) is 4.79 Å². The van der Waals surface area contributed by atoms with Crippen molar-refractivity contribution >= 4 is 22.1 Å². The molecule has 0 bridgehead atoms. The first-order valence-corrected chi connectivity index (χ1v) is 11.0. The van der Waals surface area contributed by atoms with E-state index >= 15 is 0 Å². The normalized spacial score (nSPS) is 19.2. The zero-order valence-electron chi connectivity index (χ0n) is 16.6. The van der Waals surface area contributed by atoms with Gasteiger partial charge in [0.1, 0.15) is 6.61 Å². The van der Waals surface area contributed by atoms with Crippen LogP contribution < -0.4 is 5.32 Å². The fourth-order valence-corrected chi connectivity index (χ4v) is 4.77. The fraction of sp³-hybridized carbons (Fsp3) is 0.333. The van der Waals surface area contributed by atoms with Gasteiger partial charge >= 0.3 is 12.1 Å². The number of carbonyl (C=O) groups excluding carboxylic acids is 2. The molecule has 1 aliphatic rings. The van der Waals surface area contributed by atoms with Gasteiger partial charge in [-0.15, -0.1) is 0 Å². The van der Waals surface area contributed by atoms with Gasteiger partial charge in [-0.05, 0) is 24.6 Å². The van der Waals surface area contributed by atoms with Gasteiger partial charge in [0.25, 0.3) is 0 Å². The van der Waals surface area contributed by atoms with Gasteiger partial charge < -0.3 is 14.8 Å². The lowest BCUT2D eigenvalue weighted by molar-refractivity contribution is -0.147. The molecule has 8 nitrogen and oxygen atoms in total. The van der Waals surface area contributed by atoms with Crippen LogP contribution in [0.25, 0.3) is 0 Å². The topological polar surface area (TPSA) is 102 Å². The van der Waals surface area contributed by atoms with E-state index in [1.165, 1.54) is 16.4 Å². The summed E-state index contributed by atoms with van der Waals surface area (Å²) in [5, 5.41) is 2.62. The molecule has 2 aromatic rings. The third kappa shape index (κ3) is 5.17. The van der Waals surface area contributed by atoms with Crippen molar-refractivity contribution in [1.82, 2.24) is 9.62 Å². The van der Waals surface area contributed by atoms with Crippen LogP contribution in [0.5, 0.6) is 0 Å². The highest BCUT2D eigenvalue weighted by Gasteiger charge is 2.44. The number of sulfonamides is 1. The zero-order chi connectivity index (χ0) is 21.6. The highest BCUT2D eigenvalue weighted by molar-refractivity contribution is 7.89. The number of hydrogen-bond acceptors (Lipinski definition) is 6. The molecule has 1 N–H and O–H groups in total. The molecule has 3 rings (SSSR count). The Balaban J connectivity index is 1.70. The van der Waals surface area contributed by atoms with E-state index < -0.39 is 34.0 Å². The molecular weight excluding hydrogens is 408 g/mol. The van der Waals surface area contributed by atoms with Crippen LogP contribution in [0, 0.1) is 5.92 Å². The van der Waals surface area contributed by atoms with Crippen LogP contribution >= 0.6 is 0 Å². The third-order valence-corrected chi connectivity index (χ3v) is 6.62. The molecular formula is C21H24N2O6S. The Morgan fingerprint density at radius 3 is 2.27 bits per heavy atom. The Morgan fingerprint density at radius 2 is 1.63 bits per heavy atom. The van der Waals surface area contributed by atoms with Crippen LogP contribution in [0.15, 0.2) is 65.6 Å². The average Bonchev–Trinajstić information content (AvgIpc) is 3.18. The molecule has 2 aromatic carbocycles. The Labute approximate surface area is 175 Å². The van der Waals surface area contributed by atoms with Crippen LogP contribution in [0.2, 0.25) is 0 Å². The summed E-state index contributed by atoms with van der Waals surface area (Å²) in [6, 6.07) is 16.3. The van der Waals surface area contributed by atoms with E-state index in [1.807, 2.05) is 30.3 Å². The predicted molar refractivity (Wildman–Crippen MR) is 109 cm³/mol. The van der Waals surface area contributed by atoms with Gasteiger partial charge in [-0.2, -0.15) is 4.31 Å². The van der Waals surface area contributed by atoms with Gasteiger partial charge in [0.15, 0.2) is 0 Å². The number of esters is 1. The number of ether oxygens (including phenoxy) is 2.